The number of hydrogen-bond donors (Lipinski definition) is 1. The molecule has 4 rings (SSSR count). The highest BCUT2D eigenvalue weighted by Crippen LogP contribution is 2.25. The van der Waals surface area contributed by atoms with E-state index < -0.39 is 0 Å². The third-order valence-electron chi connectivity index (χ3n) is 3.64. The highest BCUT2D eigenvalue weighted by Gasteiger charge is 2.15. The lowest BCUT2D eigenvalue weighted by Crippen LogP contribution is -2.03. The van der Waals surface area contributed by atoms with Crippen LogP contribution in [0.4, 0.5) is 0 Å². The van der Waals surface area contributed by atoms with Gasteiger partial charge in [-0.05, 0) is 30.7 Å². The molecule has 0 saturated heterocycles. The van der Waals surface area contributed by atoms with E-state index in [1.807, 2.05) is 31.3 Å². The van der Waals surface area contributed by atoms with Crippen LogP contribution in [0.2, 0.25) is 0 Å². The molecule has 4 aromatic rings. The van der Waals surface area contributed by atoms with E-state index in [1.165, 1.54) is 0 Å². The van der Waals surface area contributed by atoms with Crippen LogP contribution in [-0.2, 0) is 6.54 Å². The summed E-state index contributed by atoms with van der Waals surface area (Å²) in [5, 5.41) is 10.1. The molecule has 0 aliphatic heterocycles. The van der Waals surface area contributed by atoms with Gasteiger partial charge in [0.2, 0.25) is 0 Å². The van der Waals surface area contributed by atoms with Crippen LogP contribution in [0.15, 0.2) is 47.3 Å². The lowest BCUT2D eigenvalue weighted by molar-refractivity contribution is 0.589. The Labute approximate surface area is 140 Å². The summed E-state index contributed by atoms with van der Waals surface area (Å²) in [6, 6.07) is 10.1. The summed E-state index contributed by atoms with van der Waals surface area (Å²) in [5.74, 6) is 0. The maximum atomic E-state index is 4.62. The first kappa shape index (κ1) is 14.1. The van der Waals surface area contributed by atoms with Gasteiger partial charge >= 0.3 is 0 Å². The van der Waals surface area contributed by atoms with E-state index in [-0.39, 0.29) is 0 Å². The van der Waals surface area contributed by atoms with E-state index in [0.717, 1.165) is 38.2 Å². The van der Waals surface area contributed by atoms with Gasteiger partial charge in [-0.3, -0.25) is 0 Å². The van der Waals surface area contributed by atoms with Crippen molar-refractivity contribution in [1.82, 2.24) is 29.9 Å². The van der Waals surface area contributed by atoms with E-state index in [1.54, 1.807) is 11.1 Å². The molecule has 23 heavy (non-hydrogen) atoms. The minimum Gasteiger partial charge on any atom is -0.346 e. The monoisotopic (exact) mass is 368 g/mol. The lowest BCUT2D eigenvalue weighted by atomic mass is 10.2. The van der Waals surface area contributed by atoms with Crippen molar-refractivity contribution >= 4 is 27.0 Å². The first-order chi connectivity index (χ1) is 11.2. The molecule has 0 saturated carbocycles. The van der Waals surface area contributed by atoms with Gasteiger partial charge in [0, 0.05) is 16.1 Å². The number of halogens is 1. The van der Waals surface area contributed by atoms with Gasteiger partial charge < -0.3 is 4.98 Å². The molecule has 7 heteroatoms. The van der Waals surface area contributed by atoms with Crippen molar-refractivity contribution in [2.24, 2.45) is 0 Å². The molecule has 1 N–H and O–H groups in total. The number of aromatic amines is 1. The van der Waals surface area contributed by atoms with Crippen LogP contribution in [0.25, 0.3) is 22.4 Å². The summed E-state index contributed by atoms with van der Waals surface area (Å²) in [6.07, 6.45) is 3.39. The molecule has 0 bridgehead atoms. The standard InChI is InChI=1S/C16H13BrN6/c1-10-14(15-13-6-7-18-16(13)20-9-19-15)22-23(21-10)8-11-2-4-12(17)5-3-11/h2-7,9H,8H2,1H3,(H,18,19,20). The molecule has 0 fully saturated rings. The lowest BCUT2D eigenvalue weighted by Gasteiger charge is -2.01. The Balaban J connectivity index is 1.72. The predicted molar refractivity (Wildman–Crippen MR) is 90.9 cm³/mol. The maximum Gasteiger partial charge on any atom is 0.141 e. The number of hydrogen-bond acceptors (Lipinski definition) is 4. The molecule has 0 amide bonds. The quantitative estimate of drug-likeness (QED) is 0.601. The summed E-state index contributed by atoms with van der Waals surface area (Å²) < 4.78 is 1.06. The number of aryl methyl sites for hydroxylation is 1. The molecule has 0 spiro atoms. The molecule has 3 aromatic heterocycles. The number of benzene rings is 1. The fourth-order valence-corrected chi connectivity index (χ4v) is 2.80. The van der Waals surface area contributed by atoms with Crippen molar-refractivity contribution in [3.63, 3.8) is 0 Å². The topological polar surface area (TPSA) is 72.3 Å². The first-order valence-electron chi connectivity index (χ1n) is 7.15. The Morgan fingerprint density at radius 1 is 1.04 bits per heavy atom. The summed E-state index contributed by atoms with van der Waals surface area (Å²) in [6.45, 7) is 2.57. The van der Waals surface area contributed by atoms with Gasteiger partial charge in [-0.2, -0.15) is 15.0 Å². The zero-order chi connectivity index (χ0) is 15.8. The van der Waals surface area contributed by atoms with Gasteiger partial charge in [-0.1, -0.05) is 28.1 Å². The van der Waals surface area contributed by atoms with Gasteiger partial charge in [0.25, 0.3) is 0 Å². The van der Waals surface area contributed by atoms with Gasteiger partial charge in [0.05, 0.1) is 12.2 Å². The van der Waals surface area contributed by atoms with Crippen LogP contribution in [-0.4, -0.2) is 29.9 Å². The minimum absolute atomic E-state index is 0.621. The Hall–Kier alpha value is -2.54. The third kappa shape index (κ3) is 2.63. The number of fused-ring (bicyclic) bond motifs is 1. The van der Waals surface area contributed by atoms with Crippen molar-refractivity contribution in [3.8, 4) is 11.4 Å². The van der Waals surface area contributed by atoms with E-state index in [4.69, 9.17) is 0 Å². The van der Waals surface area contributed by atoms with Crippen LogP contribution >= 0.6 is 15.9 Å². The van der Waals surface area contributed by atoms with Crippen LogP contribution in [0, 0.1) is 6.92 Å². The average Bonchev–Trinajstić information content (AvgIpc) is 3.16. The molecule has 3 heterocycles. The second kappa shape index (κ2) is 5.58. The predicted octanol–water partition coefficient (Wildman–Crippen LogP) is 3.34. The SMILES string of the molecule is Cc1nn(Cc2ccc(Br)cc2)nc1-c1ncnc2[nH]ccc12. The highest BCUT2D eigenvalue weighted by molar-refractivity contribution is 9.10. The van der Waals surface area contributed by atoms with Gasteiger partial charge in [0.15, 0.2) is 0 Å². The smallest absolute Gasteiger partial charge is 0.141 e. The molecule has 0 atom stereocenters. The summed E-state index contributed by atoms with van der Waals surface area (Å²) in [4.78, 5) is 13.4. The van der Waals surface area contributed by atoms with Crippen LogP contribution in [0.3, 0.4) is 0 Å². The van der Waals surface area contributed by atoms with Crippen molar-refractivity contribution in [1.29, 1.82) is 0 Å². The van der Waals surface area contributed by atoms with E-state index in [9.17, 15) is 0 Å². The number of nitrogens with one attached hydrogen (secondary N) is 1. The summed E-state index contributed by atoms with van der Waals surface area (Å²) in [5.41, 5.74) is 4.38. The second-order valence-electron chi connectivity index (χ2n) is 5.25. The minimum atomic E-state index is 0.621. The Bertz CT molecular complexity index is 970. The Kier molecular flexibility index (Phi) is 3.42. The fourth-order valence-electron chi connectivity index (χ4n) is 2.53. The highest BCUT2D eigenvalue weighted by atomic mass is 79.9. The largest absolute Gasteiger partial charge is 0.346 e. The Morgan fingerprint density at radius 2 is 1.87 bits per heavy atom. The molecule has 0 radical (unpaired) electrons. The van der Waals surface area contributed by atoms with Crippen molar-refractivity contribution < 1.29 is 0 Å². The van der Waals surface area contributed by atoms with Crippen LogP contribution < -0.4 is 0 Å². The van der Waals surface area contributed by atoms with Gasteiger partial charge in [-0.15, -0.1) is 0 Å². The maximum absolute atomic E-state index is 4.62. The van der Waals surface area contributed by atoms with Crippen molar-refractivity contribution in [2.75, 3.05) is 0 Å². The number of H-pyrrole nitrogens is 1. The Morgan fingerprint density at radius 3 is 2.70 bits per heavy atom. The van der Waals surface area contributed by atoms with E-state index in [0.29, 0.717) is 6.54 Å². The normalized spacial score (nSPS) is 11.2. The molecule has 0 unspecified atom stereocenters. The zero-order valence-corrected chi connectivity index (χ0v) is 13.9. The van der Waals surface area contributed by atoms with Gasteiger partial charge in [-0.25, -0.2) is 9.97 Å². The van der Waals surface area contributed by atoms with Crippen LogP contribution in [0.5, 0.6) is 0 Å². The van der Waals surface area contributed by atoms with Crippen molar-refractivity contribution in [2.45, 2.75) is 13.5 Å². The number of rotatable bonds is 3. The second-order valence-corrected chi connectivity index (χ2v) is 6.17. The number of aromatic nitrogens is 6. The molecular weight excluding hydrogens is 356 g/mol. The molecule has 114 valence electrons. The average molecular weight is 369 g/mol. The zero-order valence-electron chi connectivity index (χ0n) is 12.4. The third-order valence-corrected chi connectivity index (χ3v) is 4.17. The van der Waals surface area contributed by atoms with Gasteiger partial charge in [0.1, 0.15) is 23.4 Å². The van der Waals surface area contributed by atoms with E-state index >= 15 is 0 Å². The summed E-state index contributed by atoms with van der Waals surface area (Å²) in [7, 11) is 0. The molecule has 6 nitrogen and oxygen atoms in total. The molecule has 1 aromatic carbocycles. The van der Waals surface area contributed by atoms with E-state index in [2.05, 4.69) is 53.2 Å². The molecule has 0 aliphatic rings. The van der Waals surface area contributed by atoms with Crippen molar-refractivity contribution in [3.05, 3.63) is 58.6 Å². The number of nitrogens with zero attached hydrogens (tertiary/aromatic N) is 5. The fraction of sp³-hybridized carbons (Fsp3) is 0.125. The summed E-state index contributed by atoms with van der Waals surface area (Å²) >= 11 is 3.44. The first-order valence-corrected chi connectivity index (χ1v) is 7.94. The molecule has 0 aliphatic carbocycles. The van der Waals surface area contributed by atoms with Crippen LogP contribution in [0.1, 0.15) is 11.3 Å². The molecular formula is C16H13BrN6.